The van der Waals surface area contributed by atoms with Gasteiger partial charge in [0.05, 0.1) is 11.5 Å². The Labute approximate surface area is 147 Å². The van der Waals surface area contributed by atoms with Crippen LogP contribution in [-0.4, -0.2) is 34.7 Å². The summed E-state index contributed by atoms with van der Waals surface area (Å²) in [7, 11) is -2.94. The van der Waals surface area contributed by atoms with E-state index < -0.39 is 9.84 Å². The lowest BCUT2D eigenvalue weighted by atomic mass is 10.1. The van der Waals surface area contributed by atoms with Gasteiger partial charge in [-0.1, -0.05) is 47.7 Å². The topological polar surface area (TPSA) is 64.8 Å². The summed E-state index contributed by atoms with van der Waals surface area (Å²) in [5, 5.41) is 9.40. The molecule has 0 aliphatic carbocycles. The fourth-order valence-corrected chi connectivity index (χ4v) is 5.49. The Morgan fingerprint density at radius 3 is 2.71 bits per heavy atom. The Hall–Kier alpha value is -1.60. The summed E-state index contributed by atoms with van der Waals surface area (Å²) < 4.78 is 25.5. The van der Waals surface area contributed by atoms with Crippen molar-refractivity contribution in [3.8, 4) is 0 Å². The van der Waals surface area contributed by atoms with Crippen molar-refractivity contribution in [1.82, 2.24) is 14.8 Å². The Balaban J connectivity index is 1.78. The summed E-state index contributed by atoms with van der Waals surface area (Å²) in [6, 6.07) is 8.42. The second-order valence-corrected chi connectivity index (χ2v) is 9.29. The molecule has 3 rings (SSSR count). The molecule has 5 nitrogen and oxygen atoms in total. The third-order valence-corrected chi connectivity index (χ3v) is 6.95. The van der Waals surface area contributed by atoms with Gasteiger partial charge in [-0.15, -0.1) is 16.8 Å². The van der Waals surface area contributed by atoms with Crippen LogP contribution in [0.15, 0.2) is 42.1 Å². The van der Waals surface area contributed by atoms with Gasteiger partial charge in [-0.25, -0.2) is 8.42 Å². The van der Waals surface area contributed by atoms with E-state index in [2.05, 4.69) is 48.0 Å². The molecule has 0 radical (unpaired) electrons. The van der Waals surface area contributed by atoms with E-state index in [1.807, 2.05) is 4.57 Å². The molecule has 2 aromatic rings. The van der Waals surface area contributed by atoms with Gasteiger partial charge in [-0.05, 0) is 18.9 Å². The fraction of sp³-hybridized carbons (Fsp3) is 0.412. The highest BCUT2D eigenvalue weighted by atomic mass is 32.2. The van der Waals surface area contributed by atoms with Crippen molar-refractivity contribution < 1.29 is 8.42 Å². The molecule has 128 valence electrons. The van der Waals surface area contributed by atoms with Gasteiger partial charge in [0.1, 0.15) is 5.82 Å². The second-order valence-electron chi connectivity index (χ2n) is 6.11. The number of hydrogen-bond acceptors (Lipinski definition) is 5. The highest BCUT2D eigenvalue weighted by Gasteiger charge is 2.33. The number of hydrogen-bond donors (Lipinski definition) is 0. The van der Waals surface area contributed by atoms with E-state index in [4.69, 9.17) is 0 Å². The Morgan fingerprint density at radius 2 is 2.08 bits per heavy atom. The smallest absolute Gasteiger partial charge is 0.191 e. The SMILES string of the molecule is C=CCn1c(SCc2ccc(C)cc2)nnc1[C@H]1CCS(=O)(=O)C1. The van der Waals surface area contributed by atoms with Gasteiger partial charge >= 0.3 is 0 Å². The van der Waals surface area contributed by atoms with Crippen molar-refractivity contribution in [2.45, 2.75) is 36.7 Å². The molecular formula is C17H21N3O2S2. The standard InChI is InChI=1S/C17H21N3O2S2/c1-3-9-20-16(15-8-10-24(21,22)12-15)18-19-17(20)23-11-14-6-4-13(2)5-7-14/h3-7,15H,1,8-12H2,2H3/t15-/m0/s1. The van der Waals surface area contributed by atoms with Crippen molar-refractivity contribution in [3.63, 3.8) is 0 Å². The van der Waals surface area contributed by atoms with Crippen molar-refractivity contribution >= 4 is 21.6 Å². The lowest BCUT2D eigenvalue weighted by Gasteiger charge is -2.11. The van der Waals surface area contributed by atoms with Crippen LogP contribution in [0.2, 0.25) is 0 Å². The van der Waals surface area contributed by atoms with Gasteiger partial charge < -0.3 is 4.57 Å². The molecule has 0 unspecified atom stereocenters. The van der Waals surface area contributed by atoms with Crippen molar-refractivity contribution in [1.29, 1.82) is 0 Å². The number of thioether (sulfide) groups is 1. The minimum absolute atomic E-state index is 0.0591. The van der Waals surface area contributed by atoms with E-state index in [9.17, 15) is 8.42 Å². The van der Waals surface area contributed by atoms with E-state index in [1.54, 1.807) is 17.8 Å². The minimum Gasteiger partial charge on any atom is -0.302 e. The predicted octanol–water partition coefficient (Wildman–Crippen LogP) is 2.97. The van der Waals surface area contributed by atoms with Crippen LogP contribution in [0.25, 0.3) is 0 Å². The molecule has 1 aliphatic heterocycles. The normalized spacial score (nSPS) is 19.5. The third-order valence-electron chi connectivity index (χ3n) is 4.14. The number of aromatic nitrogens is 3. The molecule has 1 aromatic heterocycles. The summed E-state index contributed by atoms with van der Waals surface area (Å²) in [6.45, 7) is 6.46. The summed E-state index contributed by atoms with van der Waals surface area (Å²) in [6.07, 6.45) is 2.42. The number of allylic oxidation sites excluding steroid dienone is 1. The Morgan fingerprint density at radius 1 is 1.33 bits per heavy atom. The maximum Gasteiger partial charge on any atom is 0.191 e. The van der Waals surface area contributed by atoms with Crippen molar-refractivity contribution in [3.05, 3.63) is 53.9 Å². The fourth-order valence-electron chi connectivity index (χ4n) is 2.84. The molecule has 0 bridgehead atoms. The van der Waals surface area contributed by atoms with Crippen LogP contribution < -0.4 is 0 Å². The van der Waals surface area contributed by atoms with Crippen LogP contribution in [0.4, 0.5) is 0 Å². The molecule has 1 aliphatic rings. The molecule has 0 amide bonds. The maximum absolute atomic E-state index is 11.7. The first-order chi connectivity index (χ1) is 11.5. The van der Waals surface area contributed by atoms with Gasteiger partial charge in [0.2, 0.25) is 0 Å². The second kappa shape index (κ2) is 7.11. The van der Waals surface area contributed by atoms with Crippen LogP contribution >= 0.6 is 11.8 Å². The van der Waals surface area contributed by atoms with E-state index in [-0.39, 0.29) is 17.4 Å². The van der Waals surface area contributed by atoms with Gasteiger partial charge in [0.25, 0.3) is 0 Å². The molecule has 7 heteroatoms. The lowest BCUT2D eigenvalue weighted by Crippen LogP contribution is -2.11. The molecule has 0 spiro atoms. The first kappa shape index (κ1) is 17.2. The molecular weight excluding hydrogens is 342 g/mol. The predicted molar refractivity (Wildman–Crippen MR) is 97.0 cm³/mol. The highest BCUT2D eigenvalue weighted by molar-refractivity contribution is 7.98. The maximum atomic E-state index is 11.7. The van der Waals surface area contributed by atoms with E-state index in [0.29, 0.717) is 13.0 Å². The molecule has 1 fully saturated rings. The first-order valence-electron chi connectivity index (χ1n) is 7.91. The van der Waals surface area contributed by atoms with Crippen LogP contribution in [0, 0.1) is 6.92 Å². The molecule has 1 atom stereocenters. The average molecular weight is 364 g/mol. The molecule has 1 aromatic carbocycles. The molecule has 24 heavy (non-hydrogen) atoms. The van der Waals surface area contributed by atoms with Crippen LogP contribution in [0.5, 0.6) is 0 Å². The molecule has 1 saturated heterocycles. The summed E-state index contributed by atoms with van der Waals surface area (Å²) in [5.74, 6) is 1.92. The minimum atomic E-state index is -2.94. The van der Waals surface area contributed by atoms with Gasteiger partial charge in [-0.3, -0.25) is 0 Å². The first-order valence-corrected chi connectivity index (χ1v) is 10.7. The summed E-state index contributed by atoms with van der Waals surface area (Å²) in [5.41, 5.74) is 2.46. The lowest BCUT2D eigenvalue weighted by molar-refractivity contribution is 0.597. The zero-order chi connectivity index (χ0) is 17.2. The molecule has 0 saturated carbocycles. The van der Waals surface area contributed by atoms with Crippen molar-refractivity contribution in [2.75, 3.05) is 11.5 Å². The summed E-state index contributed by atoms with van der Waals surface area (Å²) in [4.78, 5) is 0. The van der Waals surface area contributed by atoms with E-state index >= 15 is 0 Å². The zero-order valence-electron chi connectivity index (χ0n) is 13.7. The molecule has 0 N–H and O–H groups in total. The third kappa shape index (κ3) is 3.89. The van der Waals surface area contributed by atoms with Gasteiger partial charge in [0, 0.05) is 18.2 Å². The average Bonchev–Trinajstić information content (AvgIpc) is 3.10. The number of nitrogens with zero attached hydrogens (tertiary/aromatic N) is 3. The number of benzene rings is 1. The van der Waals surface area contributed by atoms with E-state index in [1.165, 1.54) is 11.1 Å². The molecule has 2 heterocycles. The zero-order valence-corrected chi connectivity index (χ0v) is 15.3. The number of aryl methyl sites for hydroxylation is 1. The Bertz CT molecular complexity index is 826. The highest BCUT2D eigenvalue weighted by Crippen LogP contribution is 2.31. The summed E-state index contributed by atoms with van der Waals surface area (Å²) >= 11 is 1.62. The number of rotatable bonds is 6. The largest absolute Gasteiger partial charge is 0.302 e. The van der Waals surface area contributed by atoms with Crippen LogP contribution in [-0.2, 0) is 22.1 Å². The monoisotopic (exact) mass is 363 g/mol. The quantitative estimate of drug-likeness (QED) is 0.583. The van der Waals surface area contributed by atoms with Crippen LogP contribution in [0.1, 0.15) is 29.3 Å². The van der Waals surface area contributed by atoms with Gasteiger partial charge in [0.15, 0.2) is 15.0 Å². The van der Waals surface area contributed by atoms with Crippen LogP contribution in [0.3, 0.4) is 0 Å². The van der Waals surface area contributed by atoms with E-state index in [0.717, 1.165) is 16.7 Å². The Kier molecular flexibility index (Phi) is 5.10. The van der Waals surface area contributed by atoms with Crippen molar-refractivity contribution in [2.24, 2.45) is 0 Å². The number of sulfone groups is 1. The van der Waals surface area contributed by atoms with Gasteiger partial charge in [-0.2, -0.15) is 0 Å².